The van der Waals surface area contributed by atoms with Crippen LogP contribution in [0.5, 0.6) is 11.5 Å². The Kier molecular flexibility index (Phi) is 5.63. The van der Waals surface area contributed by atoms with E-state index in [0.717, 1.165) is 0 Å². The highest BCUT2D eigenvalue weighted by atomic mass is 16.4. The number of carbonyl (C=O) groups is 2. The maximum absolute atomic E-state index is 12.1. The van der Waals surface area contributed by atoms with Crippen LogP contribution in [-0.2, 0) is 6.42 Å². The number of carboxylic acids is 1. The van der Waals surface area contributed by atoms with E-state index in [1.165, 1.54) is 42.5 Å². The van der Waals surface area contributed by atoms with Crippen molar-refractivity contribution in [1.29, 1.82) is 0 Å². The molecular weight excluding hydrogens is 329 g/mol. The van der Waals surface area contributed by atoms with Gasteiger partial charge in [-0.25, -0.2) is 4.79 Å². The van der Waals surface area contributed by atoms with E-state index in [9.17, 15) is 29.9 Å². The lowest BCUT2D eigenvalue weighted by atomic mass is 9.75. The number of amides is 1. The van der Waals surface area contributed by atoms with Crippen molar-refractivity contribution in [2.45, 2.75) is 12.4 Å². The molecule has 130 valence electrons. The van der Waals surface area contributed by atoms with E-state index in [0.29, 0.717) is 0 Å². The molecule has 0 heterocycles. The lowest BCUT2D eigenvalue weighted by Crippen LogP contribution is -2.47. The summed E-state index contributed by atoms with van der Waals surface area (Å²) in [5.74, 6) is -3.65. The summed E-state index contributed by atoms with van der Waals surface area (Å²) in [5, 5.41) is 49.6. The van der Waals surface area contributed by atoms with Gasteiger partial charge in [-0.3, -0.25) is 4.79 Å². The lowest BCUT2D eigenvalue weighted by Gasteiger charge is -2.19. The number of hydrogen-bond acceptors (Lipinski definition) is 6. The van der Waals surface area contributed by atoms with Crippen LogP contribution in [0, 0.1) is 0 Å². The molecule has 1 atom stereocenters. The molecule has 2 aromatic carbocycles. The van der Waals surface area contributed by atoms with E-state index in [1.807, 2.05) is 0 Å². The first-order chi connectivity index (χ1) is 11.8. The Morgan fingerprint density at radius 3 is 2.24 bits per heavy atom. The minimum atomic E-state index is -1.94. The third-order valence-corrected chi connectivity index (χ3v) is 3.60. The molecule has 0 aromatic heterocycles. The standard InChI is InChI=1S/C16H16BNO7/c19-11-6-4-9(5-7-11)15(21)18-13(17(24)25)8-10-2-1-3-12(14(10)20)16(22)23/h1-7,13,19-20,24-25H,8H2,(H,18,21)(H,22,23). The van der Waals surface area contributed by atoms with Crippen molar-refractivity contribution in [3.63, 3.8) is 0 Å². The first kappa shape index (κ1) is 18.3. The highest BCUT2D eigenvalue weighted by Crippen LogP contribution is 2.24. The summed E-state index contributed by atoms with van der Waals surface area (Å²) in [7, 11) is -1.94. The van der Waals surface area contributed by atoms with Gasteiger partial charge in [-0.05, 0) is 42.3 Å². The van der Waals surface area contributed by atoms with Gasteiger partial charge in [0.05, 0.1) is 5.94 Å². The van der Waals surface area contributed by atoms with E-state index in [2.05, 4.69) is 5.32 Å². The van der Waals surface area contributed by atoms with Gasteiger partial charge >= 0.3 is 13.1 Å². The minimum Gasteiger partial charge on any atom is -0.508 e. The highest BCUT2D eigenvalue weighted by Gasteiger charge is 2.27. The van der Waals surface area contributed by atoms with Gasteiger partial charge in [0.15, 0.2) is 0 Å². The molecule has 25 heavy (non-hydrogen) atoms. The number of carbonyl (C=O) groups excluding carboxylic acids is 1. The largest absolute Gasteiger partial charge is 0.508 e. The van der Waals surface area contributed by atoms with Crippen LogP contribution in [0.25, 0.3) is 0 Å². The Morgan fingerprint density at radius 1 is 1.04 bits per heavy atom. The maximum Gasteiger partial charge on any atom is 0.475 e. The molecule has 0 fully saturated rings. The van der Waals surface area contributed by atoms with Gasteiger partial charge in [-0.1, -0.05) is 12.1 Å². The van der Waals surface area contributed by atoms with Crippen molar-refractivity contribution in [2.24, 2.45) is 0 Å². The zero-order valence-corrected chi connectivity index (χ0v) is 13.0. The first-order valence-electron chi connectivity index (χ1n) is 7.29. The second-order valence-corrected chi connectivity index (χ2v) is 5.36. The van der Waals surface area contributed by atoms with Gasteiger partial charge in [0.25, 0.3) is 5.91 Å². The van der Waals surface area contributed by atoms with Crippen molar-refractivity contribution in [1.82, 2.24) is 5.32 Å². The predicted octanol–water partition coefficient (Wildman–Crippen LogP) is 0.149. The molecule has 0 aliphatic rings. The SMILES string of the molecule is O=C(NC(Cc1cccc(C(=O)O)c1O)B(O)O)c1ccc(O)cc1. The van der Waals surface area contributed by atoms with Crippen LogP contribution in [0.3, 0.4) is 0 Å². The smallest absolute Gasteiger partial charge is 0.475 e. The summed E-state index contributed by atoms with van der Waals surface area (Å²) in [6, 6.07) is 9.36. The average molecular weight is 345 g/mol. The molecule has 6 N–H and O–H groups in total. The summed E-state index contributed by atoms with van der Waals surface area (Å²) in [6.45, 7) is 0. The number of phenolic OH excluding ortho intramolecular Hbond substituents is 1. The van der Waals surface area contributed by atoms with Gasteiger partial charge in [-0.15, -0.1) is 0 Å². The van der Waals surface area contributed by atoms with Crippen LogP contribution < -0.4 is 5.32 Å². The molecule has 0 spiro atoms. The molecule has 2 rings (SSSR count). The van der Waals surface area contributed by atoms with Crippen LogP contribution in [0.1, 0.15) is 26.3 Å². The normalized spacial score (nSPS) is 11.6. The van der Waals surface area contributed by atoms with E-state index < -0.39 is 30.7 Å². The molecule has 2 aromatic rings. The fourth-order valence-corrected chi connectivity index (χ4v) is 2.26. The van der Waals surface area contributed by atoms with E-state index >= 15 is 0 Å². The summed E-state index contributed by atoms with van der Waals surface area (Å²) in [4.78, 5) is 23.2. The third-order valence-electron chi connectivity index (χ3n) is 3.60. The fraction of sp³-hybridized carbons (Fsp3) is 0.125. The Balaban J connectivity index is 2.19. The Hall–Kier alpha value is -3.04. The van der Waals surface area contributed by atoms with Crippen LogP contribution in [0.2, 0.25) is 0 Å². The Bertz CT molecular complexity index is 777. The van der Waals surface area contributed by atoms with Crippen LogP contribution in [0.15, 0.2) is 42.5 Å². The fourth-order valence-electron chi connectivity index (χ4n) is 2.26. The molecule has 1 amide bonds. The zero-order valence-electron chi connectivity index (χ0n) is 13.0. The molecule has 1 unspecified atom stereocenters. The second-order valence-electron chi connectivity index (χ2n) is 5.36. The van der Waals surface area contributed by atoms with Crippen molar-refractivity contribution in [2.75, 3.05) is 0 Å². The lowest BCUT2D eigenvalue weighted by molar-refractivity contribution is 0.0693. The van der Waals surface area contributed by atoms with Gasteiger partial charge in [0.1, 0.15) is 17.1 Å². The number of rotatable bonds is 6. The molecular formula is C16H16BNO7. The molecule has 0 saturated heterocycles. The van der Waals surface area contributed by atoms with Gasteiger partial charge in [-0.2, -0.15) is 0 Å². The number of phenols is 2. The highest BCUT2D eigenvalue weighted by molar-refractivity contribution is 6.43. The summed E-state index contributed by atoms with van der Waals surface area (Å²) in [6.07, 6.45) is -0.200. The zero-order chi connectivity index (χ0) is 18.6. The van der Waals surface area contributed by atoms with Gasteiger partial charge in [0.2, 0.25) is 0 Å². The number of hydrogen-bond donors (Lipinski definition) is 6. The monoisotopic (exact) mass is 345 g/mol. The second kappa shape index (κ2) is 7.69. The average Bonchev–Trinajstić information content (AvgIpc) is 2.56. The van der Waals surface area contributed by atoms with Crippen molar-refractivity contribution < 1.29 is 35.0 Å². The summed E-state index contributed by atoms with van der Waals surface area (Å²) in [5.41, 5.74) is 0.00417. The van der Waals surface area contributed by atoms with E-state index in [1.54, 1.807) is 0 Å². The van der Waals surface area contributed by atoms with Gasteiger partial charge in [0, 0.05) is 5.56 Å². The molecule has 0 aliphatic heterocycles. The molecule has 0 radical (unpaired) electrons. The Labute approximate surface area is 143 Å². The number of aromatic carboxylic acids is 1. The van der Waals surface area contributed by atoms with E-state index in [-0.39, 0.29) is 28.9 Å². The number of carboxylic acid groups (broad SMARTS) is 1. The quantitative estimate of drug-likeness (QED) is 0.408. The number of aromatic hydroxyl groups is 2. The minimum absolute atomic E-state index is 0.0225. The maximum atomic E-state index is 12.1. The summed E-state index contributed by atoms with van der Waals surface area (Å²) >= 11 is 0. The first-order valence-corrected chi connectivity index (χ1v) is 7.29. The van der Waals surface area contributed by atoms with Gasteiger partial charge < -0.3 is 30.7 Å². The van der Waals surface area contributed by atoms with Crippen molar-refractivity contribution in [3.05, 3.63) is 59.2 Å². The van der Waals surface area contributed by atoms with Crippen molar-refractivity contribution in [3.8, 4) is 11.5 Å². The molecule has 0 saturated carbocycles. The topological polar surface area (TPSA) is 147 Å². The van der Waals surface area contributed by atoms with Crippen molar-refractivity contribution >= 4 is 19.0 Å². The third kappa shape index (κ3) is 4.49. The molecule has 0 aliphatic carbocycles. The molecule has 8 nitrogen and oxygen atoms in total. The molecule has 0 bridgehead atoms. The van der Waals surface area contributed by atoms with Crippen LogP contribution >= 0.6 is 0 Å². The predicted molar refractivity (Wildman–Crippen MR) is 88.3 cm³/mol. The molecule has 9 heteroatoms. The van der Waals surface area contributed by atoms with Crippen LogP contribution in [0.4, 0.5) is 0 Å². The number of para-hydroxylation sites is 1. The summed E-state index contributed by atoms with van der Waals surface area (Å²) < 4.78 is 0. The number of nitrogens with one attached hydrogen (secondary N) is 1. The Morgan fingerprint density at radius 2 is 1.68 bits per heavy atom. The number of benzene rings is 2. The van der Waals surface area contributed by atoms with E-state index in [4.69, 9.17) is 5.11 Å². The van der Waals surface area contributed by atoms with Crippen LogP contribution in [-0.4, -0.2) is 50.3 Å².